The molecule has 1 aliphatic heterocycles. The first-order chi connectivity index (χ1) is 9.93. The van der Waals surface area contributed by atoms with E-state index < -0.39 is 12.0 Å². The number of carbonyl (C=O) groups is 3. The van der Waals surface area contributed by atoms with Crippen molar-refractivity contribution in [2.45, 2.75) is 39.7 Å². The van der Waals surface area contributed by atoms with Crippen molar-refractivity contribution in [2.24, 2.45) is 0 Å². The van der Waals surface area contributed by atoms with Crippen LogP contribution in [0.3, 0.4) is 0 Å². The number of carbonyl (C=O) groups excluding carboxylic acids is 3. The lowest BCUT2D eigenvalue weighted by atomic mass is 10.1. The van der Waals surface area contributed by atoms with Crippen LogP contribution in [0.25, 0.3) is 0 Å². The Balaban J connectivity index is 2.19. The van der Waals surface area contributed by atoms with Gasteiger partial charge in [0, 0.05) is 11.3 Å². The number of amides is 2. The summed E-state index contributed by atoms with van der Waals surface area (Å²) in [5.74, 6) is -0.864. The molecule has 1 aromatic heterocycles. The first-order valence-electron chi connectivity index (χ1n) is 6.81. The van der Waals surface area contributed by atoms with E-state index in [-0.39, 0.29) is 18.4 Å². The number of ether oxygens (including phenoxy) is 1. The first-order valence-corrected chi connectivity index (χ1v) is 7.63. The predicted molar refractivity (Wildman–Crippen MR) is 79.5 cm³/mol. The number of hydrogen-bond donors (Lipinski definition) is 2. The third kappa shape index (κ3) is 3.24. The number of nitrogens with one attached hydrogen (secondary N) is 2. The zero-order valence-electron chi connectivity index (χ0n) is 12.2. The Kier molecular flexibility index (Phi) is 4.62. The smallest absolute Gasteiger partial charge is 0.341 e. The Morgan fingerprint density at radius 2 is 2.14 bits per heavy atom. The molecule has 21 heavy (non-hydrogen) atoms. The second-order valence-electron chi connectivity index (χ2n) is 4.86. The minimum atomic E-state index is -0.532. The molecule has 0 aliphatic carbocycles. The van der Waals surface area contributed by atoms with Gasteiger partial charge in [-0.2, -0.15) is 0 Å². The summed E-state index contributed by atoms with van der Waals surface area (Å²) < 4.78 is 5.03. The van der Waals surface area contributed by atoms with E-state index in [2.05, 4.69) is 10.6 Å². The second kappa shape index (κ2) is 6.26. The largest absolute Gasteiger partial charge is 0.462 e. The van der Waals surface area contributed by atoms with Crippen LogP contribution >= 0.6 is 11.3 Å². The number of aryl methyl sites for hydroxylation is 1. The molecular weight excluding hydrogens is 292 g/mol. The fourth-order valence-corrected chi connectivity index (χ4v) is 3.23. The molecule has 0 aromatic carbocycles. The summed E-state index contributed by atoms with van der Waals surface area (Å²) in [6, 6.07) is -0.532. The van der Waals surface area contributed by atoms with Gasteiger partial charge in [-0.25, -0.2) is 4.79 Å². The Morgan fingerprint density at radius 1 is 1.43 bits per heavy atom. The van der Waals surface area contributed by atoms with Gasteiger partial charge in [0.1, 0.15) is 11.0 Å². The van der Waals surface area contributed by atoms with Crippen molar-refractivity contribution in [1.29, 1.82) is 0 Å². The number of anilines is 1. The highest BCUT2D eigenvalue weighted by molar-refractivity contribution is 7.16. The van der Waals surface area contributed by atoms with Gasteiger partial charge in [0.2, 0.25) is 11.8 Å². The lowest BCUT2D eigenvalue weighted by Gasteiger charge is -2.11. The molecule has 0 unspecified atom stereocenters. The summed E-state index contributed by atoms with van der Waals surface area (Å²) in [6.45, 7) is 5.72. The summed E-state index contributed by atoms with van der Waals surface area (Å²) in [4.78, 5) is 36.3. The van der Waals surface area contributed by atoms with E-state index in [4.69, 9.17) is 4.74 Å². The molecule has 1 aliphatic rings. The average Bonchev–Trinajstić information content (AvgIpc) is 2.95. The van der Waals surface area contributed by atoms with Crippen LogP contribution in [0.5, 0.6) is 0 Å². The van der Waals surface area contributed by atoms with Gasteiger partial charge in [-0.15, -0.1) is 11.3 Å². The van der Waals surface area contributed by atoms with Gasteiger partial charge in [0.05, 0.1) is 12.2 Å². The molecule has 2 rings (SSSR count). The van der Waals surface area contributed by atoms with Crippen molar-refractivity contribution < 1.29 is 19.1 Å². The molecule has 2 amide bonds. The van der Waals surface area contributed by atoms with Gasteiger partial charge < -0.3 is 15.4 Å². The highest BCUT2D eigenvalue weighted by Crippen LogP contribution is 2.33. The first kappa shape index (κ1) is 15.5. The second-order valence-corrected chi connectivity index (χ2v) is 6.08. The maximum Gasteiger partial charge on any atom is 0.341 e. The van der Waals surface area contributed by atoms with Crippen LogP contribution in [0.2, 0.25) is 0 Å². The molecule has 0 radical (unpaired) electrons. The van der Waals surface area contributed by atoms with Crippen molar-refractivity contribution in [3.8, 4) is 0 Å². The lowest BCUT2D eigenvalue weighted by molar-refractivity contribution is -0.122. The molecule has 1 aromatic rings. The van der Waals surface area contributed by atoms with Gasteiger partial charge in [-0.3, -0.25) is 9.59 Å². The SMILES string of the molecule is CCOC(=O)c1c(NC(=O)[C@@H]2CCC(=O)N2)sc(C)c1C. The lowest BCUT2D eigenvalue weighted by Crippen LogP contribution is -2.37. The zero-order valence-corrected chi connectivity index (χ0v) is 13.1. The highest BCUT2D eigenvalue weighted by Gasteiger charge is 2.29. The van der Waals surface area contributed by atoms with Gasteiger partial charge in [0.15, 0.2) is 0 Å². The molecular formula is C14H18N2O4S. The topological polar surface area (TPSA) is 84.5 Å². The average molecular weight is 310 g/mol. The number of esters is 1. The molecule has 7 heteroatoms. The predicted octanol–water partition coefficient (Wildman–Crippen LogP) is 1.76. The van der Waals surface area contributed by atoms with Crippen LogP contribution in [-0.4, -0.2) is 30.4 Å². The van der Waals surface area contributed by atoms with Crippen LogP contribution < -0.4 is 10.6 Å². The van der Waals surface area contributed by atoms with Crippen molar-refractivity contribution in [2.75, 3.05) is 11.9 Å². The molecule has 2 N–H and O–H groups in total. The summed E-state index contributed by atoms with van der Waals surface area (Å²) >= 11 is 1.34. The van der Waals surface area contributed by atoms with Crippen LogP contribution in [0.1, 0.15) is 40.6 Å². The van der Waals surface area contributed by atoms with Crippen LogP contribution in [0.15, 0.2) is 0 Å². The van der Waals surface area contributed by atoms with Gasteiger partial charge in [0.25, 0.3) is 0 Å². The number of rotatable bonds is 4. The third-order valence-electron chi connectivity index (χ3n) is 3.41. The molecule has 1 fully saturated rings. The fraction of sp³-hybridized carbons (Fsp3) is 0.500. The molecule has 0 spiro atoms. The van der Waals surface area contributed by atoms with Crippen LogP contribution in [-0.2, 0) is 14.3 Å². The van der Waals surface area contributed by atoms with E-state index in [9.17, 15) is 14.4 Å². The van der Waals surface area contributed by atoms with E-state index in [0.29, 0.717) is 23.4 Å². The Morgan fingerprint density at radius 3 is 2.71 bits per heavy atom. The van der Waals surface area contributed by atoms with Crippen molar-refractivity contribution in [3.63, 3.8) is 0 Å². The monoisotopic (exact) mass is 310 g/mol. The van der Waals surface area contributed by atoms with Gasteiger partial charge in [-0.1, -0.05) is 0 Å². The van der Waals surface area contributed by atoms with Crippen LogP contribution in [0, 0.1) is 13.8 Å². The third-order valence-corrected chi connectivity index (χ3v) is 4.54. The molecule has 0 bridgehead atoms. The summed E-state index contributed by atoms with van der Waals surface area (Å²) in [5.41, 5.74) is 1.21. The van der Waals surface area contributed by atoms with Gasteiger partial charge in [-0.05, 0) is 32.8 Å². The molecule has 114 valence electrons. The highest BCUT2D eigenvalue weighted by atomic mass is 32.1. The van der Waals surface area contributed by atoms with E-state index in [1.807, 2.05) is 13.8 Å². The van der Waals surface area contributed by atoms with Crippen molar-refractivity contribution in [3.05, 3.63) is 16.0 Å². The summed E-state index contributed by atoms with van der Waals surface area (Å²) in [6.07, 6.45) is 0.827. The fourth-order valence-electron chi connectivity index (χ4n) is 2.17. The Bertz CT molecular complexity index is 594. The maximum atomic E-state index is 12.1. The Hall–Kier alpha value is -1.89. The van der Waals surface area contributed by atoms with Crippen LogP contribution in [0.4, 0.5) is 5.00 Å². The van der Waals surface area contributed by atoms with Crippen molar-refractivity contribution in [1.82, 2.24) is 5.32 Å². The van der Waals surface area contributed by atoms with Gasteiger partial charge >= 0.3 is 5.97 Å². The quantitative estimate of drug-likeness (QED) is 0.830. The molecule has 0 saturated carbocycles. The summed E-state index contributed by atoms with van der Waals surface area (Å²) in [5, 5.41) is 5.83. The number of hydrogen-bond acceptors (Lipinski definition) is 5. The zero-order chi connectivity index (χ0) is 15.6. The minimum absolute atomic E-state index is 0.126. The minimum Gasteiger partial charge on any atom is -0.462 e. The van der Waals surface area contributed by atoms with E-state index in [1.54, 1.807) is 6.92 Å². The van der Waals surface area contributed by atoms with E-state index in [0.717, 1.165) is 10.4 Å². The normalized spacial score (nSPS) is 17.5. The number of thiophene rings is 1. The molecule has 1 atom stereocenters. The summed E-state index contributed by atoms with van der Waals surface area (Å²) in [7, 11) is 0. The molecule has 6 nitrogen and oxygen atoms in total. The Labute approximate surface area is 126 Å². The van der Waals surface area contributed by atoms with E-state index in [1.165, 1.54) is 11.3 Å². The van der Waals surface area contributed by atoms with E-state index >= 15 is 0 Å². The standard InChI is InChI=1S/C14H18N2O4S/c1-4-20-14(19)11-7(2)8(3)21-13(11)16-12(18)9-5-6-10(17)15-9/h9H,4-6H2,1-3H3,(H,15,17)(H,16,18)/t9-/m0/s1. The van der Waals surface area contributed by atoms with Crippen molar-refractivity contribution >= 4 is 34.1 Å². The molecule has 1 saturated heterocycles. The molecule has 2 heterocycles. The maximum absolute atomic E-state index is 12.1.